The average Bonchev–Trinajstić information content (AvgIpc) is 2.99. The lowest BCUT2D eigenvalue weighted by molar-refractivity contribution is 0.0366. The van der Waals surface area contributed by atoms with E-state index in [-0.39, 0.29) is 36.1 Å². The molecule has 2 aliphatic rings. The largest absolute Gasteiger partial charge is 0.497 e. The number of hydrogen-bond acceptors (Lipinski definition) is 6. The van der Waals surface area contributed by atoms with Crippen LogP contribution in [0.15, 0.2) is 42.5 Å². The van der Waals surface area contributed by atoms with Crippen LogP contribution in [0.2, 0.25) is 0 Å². The van der Waals surface area contributed by atoms with Crippen LogP contribution in [0.25, 0.3) is 0 Å². The van der Waals surface area contributed by atoms with Crippen molar-refractivity contribution in [2.75, 3.05) is 44.5 Å². The molecule has 2 aromatic carbocycles. The average molecular weight is 582 g/mol. The molecule has 0 aromatic heterocycles. The number of likely N-dealkylation sites (N-methyl/N-ethyl adjacent to an activating group) is 1. The second-order valence-corrected chi connectivity index (χ2v) is 11.3. The Balaban J connectivity index is 1.51. The number of nitrogens with zero attached hydrogens (tertiary/aromatic N) is 2. The first-order valence-corrected chi connectivity index (χ1v) is 14.6. The molecule has 0 saturated heterocycles. The molecule has 4 N–H and O–H groups in total. The fourth-order valence-corrected chi connectivity index (χ4v) is 5.37. The molecule has 1 heterocycles. The Morgan fingerprint density at radius 1 is 1.10 bits per heavy atom. The molecule has 0 bridgehead atoms. The number of hydrogen-bond donors (Lipinski definition) is 4. The number of carbonyl (C=O) groups is 3. The molecule has 3 atom stereocenters. The molecule has 0 spiro atoms. The Morgan fingerprint density at radius 2 is 1.76 bits per heavy atom. The Morgan fingerprint density at radius 3 is 2.43 bits per heavy atom. The number of aliphatic hydroxyl groups is 1. The molecular formula is C31H43N5O6. The topological polar surface area (TPSA) is 132 Å². The van der Waals surface area contributed by atoms with Crippen molar-refractivity contribution in [2.45, 2.75) is 64.1 Å². The van der Waals surface area contributed by atoms with Crippen LogP contribution in [0.1, 0.15) is 56.3 Å². The molecule has 0 radical (unpaired) electrons. The van der Waals surface area contributed by atoms with Crippen molar-refractivity contribution < 1.29 is 29.0 Å². The van der Waals surface area contributed by atoms with Gasteiger partial charge in [0.2, 0.25) is 0 Å². The summed E-state index contributed by atoms with van der Waals surface area (Å²) in [7, 11) is 3.32. The number of amides is 5. The molecule has 0 unspecified atom stereocenters. The number of methoxy groups -OCH3 is 1. The molecule has 5 amide bonds. The third-order valence-electron chi connectivity index (χ3n) is 8.00. The van der Waals surface area contributed by atoms with Crippen LogP contribution in [-0.2, 0) is 0 Å². The summed E-state index contributed by atoms with van der Waals surface area (Å²) in [5.74, 6) is 0.592. The van der Waals surface area contributed by atoms with Gasteiger partial charge in [0, 0.05) is 36.9 Å². The van der Waals surface area contributed by atoms with E-state index >= 15 is 0 Å². The molecule has 1 aliphatic carbocycles. The maximum absolute atomic E-state index is 13.7. The number of rotatable bonds is 8. The lowest BCUT2D eigenvalue weighted by Crippen LogP contribution is -2.52. The molecular weight excluding hydrogens is 538 g/mol. The highest BCUT2D eigenvalue weighted by molar-refractivity contribution is 6.02. The first kappa shape index (κ1) is 31.0. The molecule has 42 heavy (non-hydrogen) atoms. The summed E-state index contributed by atoms with van der Waals surface area (Å²) < 4.78 is 11.5. The first-order chi connectivity index (χ1) is 20.2. The molecule has 2 aromatic rings. The van der Waals surface area contributed by atoms with Gasteiger partial charge in [-0.3, -0.25) is 4.79 Å². The molecule has 1 fully saturated rings. The number of anilines is 2. The van der Waals surface area contributed by atoms with E-state index in [1.165, 1.54) is 6.42 Å². The van der Waals surface area contributed by atoms with Crippen LogP contribution in [0.5, 0.6) is 11.5 Å². The summed E-state index contributed by atoms with van der Waals surface area (Å²) in [5, 5.41) is 18.6. The van der Waals surface area contributed by atoms with Gasteiger partial charge in [-0.1, -0.05) is 26.2 Å². The van der Waals surface area contributed by atoms with E-state index in [9.17, 15) is 19.5 Å². The van der Waals surface area contributed by atoms with Gasteiger partial charge < -0.3 is 40.3 Å². The van der Waals surface area contributed by atoms with E-state index in [0.29, 0.717) is 36.0 Å². The summed E-state index contributed by atoms with van der Waals surface area (Å²) in [6.07, 6.45) is 5.04. The van der Waals surface area contributed by atoms with Gasteiger partial charge in [-0.05, 0) is 62.2 Å². The first-order valence-electron chi connectivity index (χ1n) is 14.6. The Bertz CT molecular complexity index is 1230. The summed E-state index contributed by atoms with van der Waals surface area (Å²) in [6.45, 7) is 4.21. The van der Waals surface area contributed by atoms with Gasteiger partial charge in [0.25, 0.3) is 5.91 Å². The minimum absolute atomic E-state index is 0.130. The number of ether oxygens (including phenoxy) is 2. The smallest absolute Gasteiger partial charge is 0.323 e. The van der Waals surface area contributed by atoms with E-state index in [4.69, 9.17) is 9.47 Å². The van der Waals surface area contributed by atoms with Crippen molar-refractivity contribution >= 4 is 29.3 Å². The van der Waals surface area contributed by atoms with Crippen LogP contribution < -0.4 is 25.4 Å². The fraction of sp³-hybridized carbons (Fsp3) is 0.516. The summed E-state index contributed by atoms with van der Waals surface area (Å²) in [5.41, 5.74) is 1.25. The van der Waals surface area contributed by atoms with E-state index in [1.807, 2.05) is 6.92 Å². The second kappa shape index (κ2) is 14.3. The van der Waals surface area contributed by atoms with Crippen molar-refractivity contribution in [2.24, 2.45) is 5.92 Å². The Labute approximate surface area is 247 Å². The molecule has 11 nitrogen and oxygen atoms in total. The Hall–Kier alpha value is -3.99. The van der Waals surface area contributed by atoms with Crippen molar-refractivity contribution in [1.82, 2.24) is 15.1 Å². The molecule has 1 aliphatic heterocycles. The highest BCUT2D eigenvalue weighted by atomic mass is 16.5. The van der Waals surface area contributed by atoms with Gasteiger partial charge in [-0.25, -0.2) is 9.59 Å². The highest BCUT2D eigenvalue weighted by Gasteiger charge is 2.34. The van der Waals surface area contributed by atoms with Crippen LogP contribution >= 0.6 is 0 Å². The number of nitrogens with one attached hydrogen (secondary N) is 3. The van der Waals surface area contributed by atoms with E-state index in [1.54, 1.807) is 73.3 Å². The number of benzene rings is 2. The lowest BCUT2D eigenvalue weighted by atomic mass is 9.96. The predicted octanol–water partition coefficient (Wildman–Crippen LogP) is 4.53. The van der Waals surface area contributed by atoms with Crippen LogP contribution in [0.3, 0.4) is 0 Å². The van der Waals surface area contributed by atoms with E-state index in [0.717, 1.165) is 25.7 Å². The molecule has 228 valence electrons. The lowest BCUT2D eigenvalue weighted by Gasteiger charge is -2.38. The number of urea groups is 2. The standard InChI is InChI=1S/C31H43N5O6/c1-20-17-36(21(2)19-37)29(38)26-16-24(33-30(39)32-23-10-13-25(41-4)14-11-23)12-15-27(26)42-28(20)18-35(3)31(40)34-22-8-6-5-7-9-22/h10-16,20-22,28,37H,5-9,17-19H2,1-4H3,(H,34,40)(H2,32,33,39)/t20-,21-,28-/m1/s1. The summed E-state index contributed by atoms with van der Waals surface area (Å²) >= 11 is 0. The molecule has 11 heteroatoms. The van der Waals surface area contributed by atoms with E-state index < -0.39 is 18.2 Å². The van der Waals surface area contributed by atoms with Crippen molar-refractivity contribution in [3.8, 4) is 11.5 Å². The van der Waals surface area contributed by atoms with Gasteiger partial charge >= 0.3 is 12.1 Å². The zero-order valence-electron chi connectivity index (χ0n) is 24.9. The number of carbonyl (C=O) groups excluding carboxylic acids is 3. The maximum atomic E-state index is 13.7. The molecule has 1 saturated carbocycles. The highest BCUT2D eigenvalue weighted by Crippen LogP contribution is 2.31. The van der Waals surface area contributed by atoms with E-state index in [2.05, 4.69) is 16.0 Å². The Kier molecular flexibility index (Phi) is 10.5. The zero-order valence-corrected chi connectivity index (χ0v) is 24.9. The van der Waals surface area contributed by atoms with Gasteiger partial charge in [0.05, 0.1) is 31.9 Å². The summed E-state index contributed by atoms with van der Waals surface area (Å²) in [6, 6.07) is 11.0. The summed E-state index contributed by atoms with van der Waals surface area (Å²) in [4.78, 5) is 42.6. The SMILES string of the molecule is COc1ccc(NC(=O)Nc2ccc3c(c2)C(=O)N([C@H](C)CO)C[C@@H](C)[C@@H](CN(C)C(=O)NC2CCCCC2)O3)cc1. The zero-order chi connectivity index (χ0) is 30.2. The van der Waals surface area contributed by atoms with Gasteiger partial charge in [0.1, 0.15) is 17.6 Å². The van der Waals surface area contributed by atoms with Crippen LogP contribution in [0, 0.1) is 5.92 Å². The van der Waals surface area contributed by atoms with Crippen molar-refractivity contribution in [3.05, 3.63) is 48.0 Å². The maximum Gasteiger partial charge on any atom is 0.323 e. The second-order valence-electron chi connectivity index (χ2n) is 11.3. The normalized spacial score (nSPS) is 19.8. The minimum Gasteiger partial charge on any atom is -0.497 e. The van der Waals surface area contributed by atoms with Gasteiger partial charge in [-0.15, -0.1) is 0 Å². The third-order valence-corrected chi connectivity index (χ3v) is 8.00. The monoisotopic (exact) mass is 581 g/mol. The number of fused-ring (bicyclic) bond motifs is 1. The quantitative estimate of drug-likeness (QED) is 0.362. The fourth-order valence-electron chi connectivity index (χ4n) is 5.37. The van der Waals surface area contributed by atoms with Gasteiger partial charge in [0.15, 0.2) is 0 Å². The molecule has 4 rings (SSSR count). The number of aliphatic hydroxyl groups excluding tert-OH is 1. The predicted molar refractivity (Wildman–Crippen MR) is 161 cm³/mol. The van der Waals surface area contributed by atoms with Crippen LogP contribution in [0.4, 0.5) is 21.0 Å². The van der Waals surface area contributed by atoms with Gasteiger partial charge in [-0.2, -0.15) is 0 Å². The third kappa shape index (κ3) is 7.84. The van der Waals surface area contributed by atoms with Crippen molar-refractivity contribution in [1.29, 1.82) is 0 Å². The van der Waals surface area contributed by atoms with Crippen LogP contribution in [-0.4, -0.2) is 84.9 Å². The van der Waals surface area contributed by atoms with Crippen molar-refractivity contribution in [3.63, 3.8) is 0 Å². The minimum atomic E-state index is -0.475.